The maximum absolute atomic E-state index is 13.6. The Morgan fingerprint density at radius 2 is 2.10 bits per heavy atom. The van der Waals surface area contributed by atoms with Crippen LogP contribution in [0.5, 0.6) is 0 Å². The standard InChI is InChI=1S/C22H30FN3O2.HI/c1-22(2,18-5-3-6-19(23)13-18)16-26-21(25-14-17-9-12-27-15-17)24-10-8-20-7-4-11-28-20;/h3-7,11,13,17H,8-10,12,14-16H2,1-2H3,(H2,24,25,26);1H. The summed E-state index contributed by atoms with van der Waals surface area (Å²) in [4.78, 5) is 4.78. The number of benzene rings is 1. The normalized spacial score (nSPS) is 17.1. The van der Waals surface area contributed by atoms with Crippen molar-refractivity contribution in [2.75, 3.05) is 32.8 Å². The molecule has 29 heavy (non-hydrogen) atoms. The van der Waals surface area contributed by atoms with Gasteiger partial charge in [-0.2, -0.15) is 0 Å². The van der Waals surface area contributed by atoms with E-state index < -0.39 is 0 Å². The van der Waals surface area contributed by atoms with Gasteiger partial charge in [0, 0.05) is 37.5 Å². The molecule has 0 amide bonds. The van der Waals surface area contributed by atoms with Gasteiger partial charge in [0.2, 0.25) is 0 Å². The lowest BCUT2D eigenvalue weighted by atomic mass is 9.85. The quantitative estimate of drug-likeness (QED) is 0.316. The van der Waals surface area contributed by atoms with Gasteiger partial charge in [0.05, 0.1) is 19.4 Å². The molecular weight excluding hydrogens is 484 g/mol. The van der Waals surface area contributed by atoms with Gasteiger partial charge in [0.1, 0.15) is 11.6 Å². The molecule has 0 saturated carbocycles. The molecule has 0 bridgehead atoms. The number of nitrogens with one attached hydrogen (secondary N) is 2. The Balaban J connectivity index is 0.00000300. The molecule has 1 fully saturated rings. The number of halogens is 2. The molecule has 0 radical (unpaired) electrons. The Kier molecular flexibility index (Phi) is 9.42. The van der Waals surface area contributed by atoms with Crippen molar-refractivity contribution in [3.63, 3.8) is 0 Å². The van der Waals surface area contributed by atoms with Gasteiger partial charge in [0.15, 0.2) is 5.96 Å². The summed E-state index contributed by atoms with van der Waals surface area (Å²) in [7, 11) is 0. The maximum Gasteiger partial charge on any atom is 0.191 e. The summed E-state index contributed by atoms with van der Waals surface area (Å²) in [6, 6.07) is 10.6. The number of hydrogen-bond donors (Lipinski definition) is 2. The smallest absolute Gasteiger partial charge is 0.191 e. The molecule has 160 valence electrons. The Labute approximate surface area is 189 Å². The van der Waals surface area contributed by atoms with Crippen LogP contribution in [-0.2, 0) is 16.6 Å². The lowest BCUT2D eigenvalue weighted by Crippen LogP contribution is -2.41. The number of hydrogen-bond acceptors (Lipinski definition) is 3. The zero-order valence-corrected chi connectivity index (χ0v) is 19.4. The largest absolute Gasteiger partial charge is 0.469 e. The van der Waals surface area contributed by atoms with E-state index in [4.69, 9.17) is 14.1 Å². The molecule has 0 aliphatic carbocycles. The molecule has 3 rings (SSSR count). The third-order valence-electron chi connectivity index (χ3n) is 5.06. The maximum atomic E-state index is 13.6. The van der Waals surface area contributed by atoms with E-state index in [0.29, 0.717) is 12.5 Å². The van der Waals surface area contributed by atoms with Crippen LogP contribution in [0.2, 0.25) is 0 Å². The van der Waals surface area contributed by atoms with Crippen LogP contribution in [0.25, 0.3) is 0 Å². The van der Waals surface area contributed by atoms with Crippen molar-refractivity contribution in [1.29, 1.82) is 0 Å². The highest BCUT2D eigenvalue weighted by Crippen LogP contribution is 2.24. The lowest BCUT2D eigenvalue weighted by Gasteiger charge is -2.24. The summed E-state index contributed by atoms with van der Waals surface area (Å²) >= 11 is 0. The molecule has 1 aromatic carbocycles. The van der Waals surface area contributed by atoms with Gasteiger partial charge < -0.3 is 19.8 Å². The van der Waals surface area contributed by atoms with Crippen molar-refractivity contribution in [3.8, 4) is 0 Å². The summed E-state index contributed by atoms with van der Waals surface area (Å²) < 4.78 is 24.5. The van der Waals surface area contributed by atoms with E-state index in [-0.39, 0.29) is 35.2 Å². The highest BCUT2D eigenvalue weighted by Gasteiger charge is 2.21. The van der Waals surface area contributed by atoms with E-state index in [0.717, 1.165) is 56.4 Å². The average Bonchev–Trinajstić information content (AvgIpc) is 3.37. The van der Waals surface area contributed by atoms with Crippen molar-refractivity contribution >= 4 is 29.9 Å². The fraction of sp³-hybridized carbons (Fsp3) is 0.500. The van der Waals surface area contributed by atoms with Gasteiger partial charge in [-0.3, -0.25) is 4.99 Å². The molecule has 2 N–H and O–H groups in total. The van der Waals surface area contributed by atoms with Crippen molar-refractivity contribution in [2.45, 2.75) is 32.1 Å². The predicted octanol–water partition coefficient (Wildman–Crippen LogP) is 4.13. The second kappa shape index (κ2) is 11.5. The van der Waals surface area contributed by atoms with E-state index in [1.807, 2.05) is 18.2 Å². The van der Waals surface area contributed by atoms with Crippen molar-refractivity contribution in [3.05, 3.63) is 59.8 Å². The topological polar surface area (TPSA) is 58.8 Å². The molecule has 2 aromatic rings. The van der Waals surface area contributed by atoms with Crippen LogP contribution in [0.15, 0.2) is 52.1 Å². The number of guanidine groups is 1. The Bertz CT molecular complexity index is 759. The summed E-state index contributed by atoms with van der Waals surface area (Å²) in [6.07, 6.45) is 3.54. The van der Waals surface area contributed by atoms with E-state index >= 15 is 0 Å². The first-order valence-corrected chi connectivity index (χ1v) is 9.91. The van der Waals surface area contributed by atoms with Gasteiger partial charge in [-0.1, -0.05) is 26.0 Å². The zero-order chi connectivity index (χ0) is 19.8. The molecule has 5 nitrogen and oxygen atoms in total. The Morgan fingerprint density at radius 1 is 1.24 bits per heavy atom. The van der Waals surface area contributed by atoms with Crippen LogP contribution in [-0.4, -0.2) is 38.8 Å². The third-order valence-corrected chi connectivity index (χ3v) is 5.06. The van der Waals surface area contributed by atoms with Gasteiger partial charge in [-0.05, 0) is 36.2 Å². The van der Waals surface area contributed by atoms with E-state index in [1.54, 1.807) is 18.4 Å². The monoisotopic (exact) mass is 515 g/mol. The minimum absolute atomic E-state index is 0. The third kappa shape index (κ3) is 7.62. The first kappa shape index (κ1) is 23.7. The number of aliphatic imine (C=N–C) groups is 1. The summed E-state index contributed by atoms with van der Waals surface area (Å²) in [5.41, 5.74) is 0.671. The van der Waals surface area contributed by atoms with Crippen molar-refractivity contribution in [1.82, 2.24) is 10.6 Å². The molecular formula is C22H31FIN3O2. The molecule has 1 aliphatic rings. The minimum Gasteiger partial charge on any atom is -0.469 e. The molecule has 1 saturated heterocycles. The zero-order valence-electron chi connectivity index (χ0n) is 17.1. The van der Waals surface area contributed by atoms with Crippen LogP contribution in [0, 0.1) is 11.7 Å². The van der Waals surface area contributed by atoms with Crippen LogP contribution in [0.3, 0.4) is 0 Å². The SMILES string of the molecule is CC(C)(CN=C(NCCc1ccco1)NCC1CCOC1)c1cccc(F)c1.I. The molecule has 7 heteroatoms. The van der Waals surface area contributed by atoms with Gasteiger partial charge in [-0.25, -0.2) is 4.39 Å². The molecule has 1 atom stereocenters. The summed E-state index contributed by atoms with van der Waals surface area (Å²) in [5, 5.41) is 6.81. The number of nitrogens with zero attached hydrogens (tertiary/aromatic N) is 1. The number of furan rings is 1. The van der Waals surface area contributed by atoms with Crippen LogP contribution in [0.1, 0.15) is 31.6 Å². The van der Waals surface area contributed by atoms with E-state index in [2.05, 4.69) is 24.5 Å². The average molecular weight is 515 g/mol. The lowest BCUT2D eigenvalue weighted by molar-refractivity contribution is 0.186. The second-order valence-electron chi connectivity index (χ2n) is 7.93. The van der Waals surface area contributed by atoms with Crippen LogP contribution in [0.4, 0.5) is 4.39 Å². The van der Waals surface area contributed by atoms with Crippen molar-refractivity contribution < 1.29 is 13.5 Å². The van der Waals surface area contributed by atoms with Crippen LogP contribution < -0.4 is 10.6 Å². The Morgan fingerprint density at radius 3 is 2.79 bits per heavy atom. The van der Waals surface area contributed by atoms with Gasteiger partial charge >= 0.3 is 0 Å². The predicted molar refractivity (Wildman–Crippen MR) is 124 cm³/mol. The van der Waals surface area contributed by atoms with Crippen molar-refractivity contribution in [2.24, 2.45) is 10.9 Å². The Hall–Kier alpha value is -1.61. The highest BCUT2D eigenvalue weighted by atomic mass is 127. The first-order chi connectivity index (χ1) is 13.5. The molecule has 1 unspecified atom stereocenters. The minimum atomic E-state index is -0.270. The number of ether oxygens (including phenoxy) is 1. The van der Waals surface area contributed by atoms with E-state index in [9.17, 15) is 4.39 Å². The van der Waals surface area contributed by atoms with E-state index in [1.165, 1.54) is 6.07 Å². The molecule has 1 aromatic heterocycles. The van der Waals surface area contributed by atoms with Gasteiger partial charge in [-0.15, -0.1) is 24.0 Å². The fourth-order valence-corrected chi connectivity index (χ4v) is 3.20. The number of rotatable bonds is 8. The summed E-state index contributed by atoms with van der Waals surface area (Å²) in [6.45, 7) is 7.88. The van der Waals surface area contributed by atoms with Gasteiger partial charge in [0.25, 0.3) is 0 Å². The fourth-order valence-electron chi connectivity index (χ4n) is 3.20. The molecule has 2 heterocycles. The molecule has 0 spiro atoms. The van der Waals surface area contributed by atoms with Crippen LogP contribution >= 0.6 is 24.0 Å². The highest BCUT2D eigenvalue weighted by molar-refractivity contribution is 14.0. The second-order valence-corrected chi connectivity index (χ2v) is 7.93. The summed E-state index contributed by atoms with van der Waals surface area (Å²) in [5.74, 6) is 2.00. The molecule has 1 aliphatic heterocycles. The first-order valence-electron chi connectivity index (χ1n) is 9.91.